The third kappa shape index (κ3) is 5.34. The molecule has 0 bridgehead atoms. The zero-order valence-electron chi connectivity index (χ0n) is 16.7. The summed E-state index contributed by atoms with van der Waals surface area (Å²) in [7, 11) is 0. The third-order valence-electron chi connectivity index (χ3n) is 4.03. The van der Waals surface area contributed by atoms with Gasteiger partial charge in [0.05, 0.1) is 4.88 Å². The van der Waals surface area contributed by atoms with Crippen LogP contribution >= 0.6 is 11.3 Å². The summed E-state index contributed by atoms with van der Waals surface area (Å²) >= 11 is 1.44. The number of amidine groups is 1. The number of benzene rings is 2. The molecule has 0 spiro atoms. The number of amides is 1. The average Bonchev–Trinajstić information content (AvgIpc) is 3.10. The minimum absolute atomic E-state index is 0.116. The van der Waals surface area contributed by atoms with Gasteiger partial charge in [-0.05, 0) is 44.5 Å². The Morgan fingerprint density at radius 2 is 1.86 bits per heavy atom. The van der Waals surface area contributed by atoms with E-state index in [0.717, 1.165) is 15.6 Å². The van der Waals surface area contributed by atoms with Crippen molar-refractivity contribution in [3.05, 3.63) is 65.0 Å². The van der Waals surface area contributed by atoms with Crippen molar-refractivity contribution < 1.29 is 14.3 Å². The number of hydrogen-bond acceptors (Lipinski definition) is 5. The molecule has 152 valence electrons. The highest BCUT2D eigenvalue weighted by Gasteiger charge is 2.18. The fourth-order valence-corrected chi connectivity index (χ4v) is 3.75. The van der Waals surface area contributed by atoms with Crippen molar-refractivity contribution in [3.63, 3.8) is 0 Å². The largest absolute Gasteiger partial charge is 0.484 e. The van der Waals surface area contributed by atoms with Crippen LogP contribution in [0.5, 0.6) is 5.75 Å². The lowest BCUT2D eigenvalue weighted by atomic mass is 10.1. The van der Waals surface area contributed by atoms with Gasteiger partial charge >= 0.3 is 6.09 Å². The molecule has 1 atom stereocenters. The van der Waals surface area contributed by atoms with E-state index in [4.69, 9.17) is 20.9 Å². The minimum Gasteiger partial charge on any atom is -0.484 e. The quantitative estimate of drug-likeness (QED) is 0.471. The molecule has 6 nitrogen and oxygen atoms in total. The molecule has 3 rings (SSSR count). The lowest BCUT2D eigenvalue weighted by Crippen LogP contribution is -2.24. The molecule has 1 heterocycles. The molecule has 0 aliphatic heterocycles. The van der Waals surface area contributed by atoms with Gasteiger partial charge in [0, 0.05) is 16.6 Å². The number of aliphatic imine (C=N–C) groups is 1. The summed E-state index contributed by atoms with van der Waals surface area (Å²) in [5, 5.41) is 0.893. The van der Waals surface area contributed by atoms with Crippen molar-refractivity contribution in [1.29, 1.82) is 0 Å². The predicted molar refractivity (Wildman–Crippen MR) is 118 cm³/mol. The molecular weight excluding hydrogens is 386 g/mol. The van der Waals surface area contributed by atoms with E-state index >= 15 is 0 Å². The van der Waals surface area contributed by atoms with E-state index in [2.05, 4.69) is 4.99 Å². The third-order valence-corrected chi connectivity index (χ3v) is 5.16. The Kier molecular flexibility index (Phi) is 6.20. The van der Waals surface area contributed by atoms with Crippen LogP contribution in [0.3, 0.4) is 0 Å². The van der Waals surface area contributed by atoms with E-state index in [-0.39, 0.29) is 11.9 Å². The smallest absolute Gasteiger partial charge is 0.436 e. The number of nitrogens with two attached hydrogens (primary N) is 2. The molecule has 2 aromatic carbocycles. The summed E-state index contributed by atoms with van der Waals surface area (Å²) in [6, 6.07) is 17.5. The van der Waals surface area contributed by atoms with Crippen molar-refractivity contribution >= 4 is 33.4 Å². The summed E-state index contributed by atoms with van der Waals surface area (Å²) in [5.41, 5.74) is 12.4. The standard InChI is InChI=1S/C22H25N3O3S/c1-22(2,3)28-21(26)25-20(24)19-12-15-16(10-7-11-18(15)29-19)27-17(13-23)14-8-5-4-6-9-14/h4-12,17H,13,23H2,1-3H3,(H2,24,25,26). The van der Waals surface area contributed by atoms with Crippen LogP contribution in [0.15, 0.2) is 59.6 Å². The maximum atomic E-state index is 11.9. The maximum Gasteiger partial charge on any atom is 0.436 e. The first-order chi connectivity index (χ1) is 13.8. The fraction of sp³-hybridized carbons (Fsp3) is 0.273. The van der Waals surface area contributed by atoms with Crippen LogP contribution in [0.25, 0.3) is 10.1 Å². The zero-order valence-corrected chi connectivity index (χ0v) is 17.5. The first-order valence-corrected chi connectivity index (χ1v) is 10.1. The number of nitrogens with zero attached hydrogens (tertiary/aromatic N) is 1. The summed E-state index contributed by atoms with van der Waals surface area (Å²) in [5.74, 6) is 0.819. The van der Waals surface area contributed by atoms with Crippen molar-refractivity contribution in [3.8, 4) is 5.75 Å². The topological polar surface area (TPSA) is 99.9 Å². The van der Waals surface area contributed by atoms with Crippen LogP contribution in [0.2, 0.25) is 0 Å². The van der Waals surface area contributed by atoms with Gasteiger partial charge in [0.1, 0.15) is 23.3 Å². The summed E-state index contributed by atoms with van der Waals surface area (Å²) < 4.78 is 12.4. The van der Waals surface area contributed by atoms with Crippen LogP contribution < -0.4 is 16.2 Å². The second-order valence-corrected chi connectivity index (χ2v) is 8.59. The predicted octanol–water partition coefficient (Wildman–Crippen LogP) is 4.62. The van der Waals surface area contributed by atoms with Crippen molar-refractivity contribution in [1.82, 2.24) is 0 Å². The lowest BCUT2D eigenvalue weighted by molar-refractivity contribution is 0.0604. The summed E-state index contributed by atoms with van der Waals surface area (Å²) in [4.78, 5) is 16.5. The molecule has 3 aromatic rings. The Hall–Kier alpha value is -2.90. The van der Waals surface area contributed by atoms with Gasteiger partial charge in [-0.3, -0.25) is 0 Å². The van der Waals surface area contributed by atoms with Crippen LogP contribution in [-0.4, -0.2) is 24.1 Å². The fourth-order valence-electron chi connectivity index (χ4n) is 2.77. The zero-order chi connectivity index (χ0) is 21.0. The Bertz CT molecular complexity index is 1020. The van der Waals surface area contributed by atoms with Gasteiger partial charge in [-0.25, -0.2) is 4.79 Å². The second-order valence-electron chi connectivity index (χ2n) is 7.51. The number of hydrogen-bond donors (Lipinski definition) is 2. The van der Waals surface area contributed by atoms with E-state index in [1.165, 1.54) is 11.3 Å². The first kappa shape index (κ1) is 20.8. The highest BCUT2D eigenvalue weighted by Crippen LogP contribution is 2.35. The highest BCUT2D eigenvalue weighted by atomic mass is 32.1. The normalized spacial score (nSPS) is 13.3. The van der Waals surface area contributed by atoms with E-state index in [0.29, 0.717) is 17.2 Å². The van der Waals surface area contributed by atoms with E-state index in [1.54, 1.807) is 20.8 Å². The number of carbonyl (C=O) groups excluding carboxylic acids is 1. The van der Waals surface area contributed by atoms with E-state index in [1.807, 2.05) is 54.6 Å². The van der Waals surface area contributed by atoms with Crippen LogP contribution in [0.1, 0.15) is 37.3 Å². The molecule has 0 radical (unpaired) electrons. The number of thiophene rings is 1. The number of ether oxygens (including phenoxy) is 2. The Labute approximate surface area is 174 Å². The molecule has 0 saturated carbocycles. The molecule has 1 aromatic heterocycles. The van der Waals surface area contributed by atoms with Gasteiger partial charge < -0.3 is 20.9 Å². The second kappa shape index (κ2) is 8.63. The van der Waals surface area contributed by atoms with Crippen molar-refractivity contribution in [2.24, 2.45) is 16.5 Å². The molecule has 0 aliphatic carbocycles. The maximum absolute atomic E-state index is 11.9. The van der Waals surface area contributed by atoms with Gasteiger partial charge in [-0.15, -0.1) is 11.3 Å². The van der Waals surface area contributed by atoms with E-state index < -0.39 is 11.7 Å². The Balaban J connectivity index is 1.88. The molecule has 1 amide bonds. The Morgan fingerprint density at radius 3 is 2.52 bits per heavy atom. The molecule has 29 heavy (non-hydrogen) atoms. The van der Waals surface area contributed by atoms with Crippen LogP contribution in [-0.2, 0) is 4.74 Å². The molecule has 7 heteroatoms. The van der Waals surface area contributed by atoms with Crippen LogP contribution in [0, 0.1) is 0 Å². The monoisotopic (exact) mass is 411 g/mol. The highest BCUT2D eigenvalue weighted by molar-refractivity contribution is 7.21. The van der Waals surface area contributed by atoms with Gasteiger partial charge in [0.15, 0.2) is 0 Å². The molecule has 0 aliphatic rings. The SMILES string of the molecule is CC(C)(C)OC(=O)N=C(N)c1cc2c(OC(CN)c3ccccc3)cccc2s1. The lowest BCUT2D eigenvalue weighted by Gasteiger charge is -2.18. The van der Waals surface area contributed by atoms with E-state index in [9.17, 15) is 4.79 Å². The summed E-state index contributed by atoms with van der Waals surface area (Å²) in [6.07, 6.45) is -0.978. The molecule has 0 fully saturated rings. The molecule has 1 unspecified atom stereocenters. The van der Waals surface area contributed by atoms with Gasteiger partial charge in [-0.2, -0.15) is 4.99 Å². The van der Waals surface area contributed by atoms with Crippen molar-refractivity contribution in [2.45, 2.75) is 32.5 Å². The van der Waals surface area contributed by atoms with Gasteiger partial charge in [0.2, 0.25) is 0 Å². The molecule has 0 saturated heterocycles. The number of rotatable bonds is 5. The minimum atomic E-state index is -0.712. The van der Waals surface area contributed by atoms with Crippen molar-refractivity contribution in [2.75, 3.05) is 6.54 Å². The van der Waals surface area contributed by atoms with Gasteiger partial charge in [-0.1, -0.05) is 36.4 Å². The Morgan fingerprint density at radius 1 is 1.14 bits per heavy atom. The first-order valence-electron chi connectivity index (χ1n) is 9.28. The van der Waals surface area contributed by atoms with Gasteiger partial charge in [0.25, 0.3) is 0 Å². The molecule has 4 N–H and O–H groups in total. The number of carbonyl (C=O) groups is 1. The average molecular weight is 412 g/mol. The molecular formula is C22H25N3O3S. The summed E-state index contributed by atoms with van der Waals surface area (Å²) in [6.45, 7) is 5.68. The van der Waals surface area contributed by atoms with Crippen LogP contribution in [0.4, 0.5) is 4.79 Å². The number of fused-ring (bicyclic) bond motifs is 1.